The van der Waals surface area contributed by atoms with Gasteiger partial charge in [-0.2, -0.15) is 0 Å². The van der Waals surface area contributed by atoms with Crippen LogP contribution >= 0.6 is 11.6 Å². The smallest absolute Gasteiger partial charge is 0.306 e. The number of halogens is 1. The molecule has 1 atom stereocenters. The molecule has 0 radical (unpaired) electrons. The van der Waals surface area contributed by atoms with Gasteiger partial charge in [-0.15, -0.1) is 11.6 Å². The van der Waals surface area contributed by atoms with Crippen LogP contribution < -0.4 is 5.11 Å². The van der Waals surface area contributed by atoms with Crippen molar-refractivity contribution < 1.29 is 24.2 Å². The third kappa shape index (κ3) is 7.11. The van der Waals surface area contributed by atoms with Crippen LogP contribution in [0.25, 0.3) is 0 Å². The lowest BCUT2D eigenvalue weighted by Crippen LogP contribution is -2.27. The lowest BCUT2D eigenvalue weighted by molar-refractivity contribution is -0.305. The van der Waals surface area contributed by atoms with Gasteiger partial charge in [0.05, 0.1) is 25.5 Å². The van der Waals surface area contributed by atoms with Crippen LogP contribution in [0.15, 0.2) is 30.3 Å². The normalized spacial score (nSPS) is 11.8. The van der Waals surface area contributed by atoms with E-state index in [0.717, 1.165) is 5.56 Å². The fourth-order valence-electron chi connectivity index (χ4n) is 1.44. The summed E-state index contributed by atoms with van der Waals surface area (Å²) < 4.78 is 10.4. The number of alkyl halides is 1. The second-order valence-corrected chi connectivity index (χ2v) is 4.45. The van der Waals surface area contributed by atoms with Gasteiger partial charge in [0.2, 0.25) is 0 Å². The molecule has 0 aliphatic heterocycles. The summed E-state index contributed by atoms with van der Waals surface area (Å²) in [5.74, 6) is -1.82. The van der Waals surface area contributed by atoms with E-state index in [1.165, 1.54) is 0 Å². The van der Waals surface area contributed by atoms with Crippen molar-refractivity contribution in [2.45, 2.75) is 25.6 Å². The molecular weight excluding hydrogens is 284 g/mol. The molecule has 0 aliphatic rings. The number of aliphatic carboxylic acids is 1. The van der Waals surface area contributed by atoms with Crippen LogP contribution in [-0.2, 0) is 25.7 Å². The average molecular weight is 300 g/mol. The Hall–Kier alpha value is -1.59. The number of esters is 1. The molecule has 5 nitrogen and oxygen atoms in total. The number of hydrogen-bond donors (Lipinski definition) is 0. The summed E-state index contributed by atoms with van der Waals surface area (Å²) in [6.07, 6.45) is -1.18. The van der Waals surface area contributed by atoms with E-state index in [0.29, 0.717) is 6.61 Å². The van der Waals surface area contributed by atoms with Crippen LogP contribution in [-0.4, -0.2) is 30.5 Å². The summed E-state index contributed by atoms with van der Waals surface area (Å²) in [5, 5.41) is 10.2. The van der Waals surface area contributed by atoms with Gasteiger partial charge in [-0.25, -0.2) is 0 Å². The lowest BCUT2D eigenvalue weighted by Gasteiger charge is -2.15. The highest BCUT2D eigenvalue weighted by Gasteiger charge is 2.13. The van der Waals surface area contributed by atoms with Gasteiger partial charge < -0.3 is 19.4 Å². The van der Waals surface area contributed by atoms with Gasteiger partial charge in [0.1, 0.15) is 6.10 Å². The molecule has 0 bridgehead atoms. The molecule has 20 heavy (non-hydrogen) atoms. The molecular formula is C14H16ClO5-. The molecule has 6 heteroatoms. The Bertz CT molecular complexity index is 421. The Balaban J connectivity index is 2.25. The van der Waals surface area contributed by atoms with E-state index in [4.69, 9.17) is 21.1 Å². The van der Waals surface area contributed by atoms with Gasteiger partial charge in [-0.1, -0.05) is 30.3 Å². The van der Waals surface area contributed by atoms with Crippen LogP contribution in [0.4, 0.5) is 0 Å². The third-order valence-electron chi connectivity index (χ3n) is 2.42. The number of carboxylic acid groups (broad SMARTS) is 1. The minimum Gasteiger partial charge on any atom is -0.550 e. The summed E-state index contributed by atoms with van der Waals surface area (Å²) in [6, 6.07) is 9.54. The van der Waals surface area contributed by atoms with Gasteiger partial charge in [-0.05, 0) is 12.0 Å². The topological polar surface area (TPSA) is 75.7 Å². The number of benzene rings is 1. The van der Waals surface area contributed by atoms with Crippen molar-refractivity contribution in [2.75, 3.05) is 12.5 Å². The van der Waals surface area contributed by atoms with E-state index in [1.54, 1.807) is 0 Å². The molecule has 110 valence electrons. The van der Waals surface area contributed by atoms with Crippen LogP contribution in [0, 0.1) is 0 Å². The molecule has 0 N–H and O–H groups in total. The molecule has 0 aromatic heterocycles. The molecule has 0 amide bonds. The monoisotopic (exact) mass is 299 g/mol. The first kappa shape index (κ1) is 16.5. The molecule has 1 aromatic carbocycles. The molecule has 0 heterocycles. The SMILES string of the molecule is O=C([O-])CCC(=O)OC(CCl)COCc1ccccc1. The number of carboxylic acids is 1. The Morgan fingerprint density at radius 1 is 1.20 bits per heavy atom. The standard InChI is InChI=1S/C14H17ClO5/c15-8-12(20-14(18)7-6-13(16)17)10-19-9-11-4-2-1-3-5-11/h1-5,12H,6-10H2,(H,16,17)/p-1. The zero-order valence-electron chi connectivity index (χ0n) is 10.9. The number of rotatable bonds is 9. The van der Waals surface area contributed by atoms with Crippen molar-refractivity contribution in [3.8, 4) is 0 Å². The molecule has 0 spiro atoms. The Labute approximate surface area is 122 Å². The number of carbonyl (C=O) groups excluding carboxylic acids is 2. The van der Waals surface area contributed by atoms with Crippen molar-refractivity contribution in [3.05, 3.63) is 35.9 Å². The van der Waals surface area contributed by atoms with Crippen LogP contribution in [0.3, 0.4) is 0 Å². The van der Waals surface area contributed by atoms with Crippen LogP contribution in [0.1, 0.15) is 18.4 Å². The van der Waals surface area contributed by atoms with Gasteiger partial charge >= 0.3 is 5.97 Å². The third-order valence-corrected chi connectivity index (χ3v) is 2.76. The summed E-state index contributed by atoms with van der Waals surface area (Å²) >= 11 is 5.67. The predicted octanol–water partition coefficient (Wildman–Crippen LogP) is 0.884. The maximum atomic E-state index is 11.3. The molecule has 1 aromatic rings. The number of carbonyl (C=O) groups is 2. The minimum atomic E-state index is -1.29. The second kappa shape index (κ2) is 9.34. The van der Waals surface area contributed by atoms with Crippen LogP contribution in [0.2, 0.25) is 0 Å². The fraction of sp³-hybridized carbons (Fsp3) is 0.429. The lowest BCUT2D eigenvalue weighted by atomic mass is 10.2. The maximum absolute atomic E-state index is 11.3. The van der Waals surface area contributed by atoms with Crippen molar-refractivity contribution in [2.24, 2.45) is 0 Å². The van der Waals surface area contributed by atoms with Crippen molar-refractivity contribution in [3.63, 3.8) is 0 Å². The maximum Gasteiger partial charge on any atom is 0.306 e. The predicted molar refractivity (Wildman–Crippen MR) is 70.9 cm³/mol. The first-order valence-corrected chi connectivity index (χ1v) is 6.72. The van der Waals surface area contributed by atoms with E-state index in [-0.39, 0.29) is 25.3 Å². The van der Waals surface area contributed by atoms with Crippen molar-refractivity contribution in [1.29, 1.82) is 0 Å². The van der Waals surface area contributed by atoms with E-state index >= 15 is 0 Å². The van der Waals surface area contributed by atoms with Gasteiger partial charge in [0, 0.05) is 5.97 Å². The van der Waals surface area contributed by atoms with Crippen molar-refractivity contribution >= 4 is 23.5 Å². The van der Waals surface area contributed by atoms with Crippen LogP contribution in [0.5, 0.6) is 0 Å². The Kier molecular flexibility index (Phi) is 7.69. The average Bonchev–Trinajstić information content (AvgIpc) is 2.45. The van der Waals surface area contributed by atoms with E-state index in [1.807, 2.05) is 30.3 Å². The first-order valence-electron chi connectivity index (χ1n) is 6.18. The highest BCUT2D eigenvalue weighted by atomic mass is 35.5. The molecule has 0 aliphatic carbocycles. The highest BCUT2D eigenvalue weighted by Crippen LogP contribution is 2.05. The molecule has 0 saturated heterocycles. The van der Waals surface area contributed by atoms with E-state index in [2.05, 4.69) is 0 Å². The van der Waals surface area contributed by atoms with Gasteiger partial charge in [0.15, 0.2) is 0 Å². The quantitative estimate of drug-likeness (QED) is 0.500. The van der Waals surface area contributed by atoms with Gasteiger partial charge in [0.25, 0.3) is 0 Å². The fourth-order valence-corrected chi connectivity index (χ4v) is 1.59. The largest absolute Gasteiger partial charge is 0.550 e. The first-order chi connectivity index (χ1) is 9.61. The molecule has 1 rings (SSSR count). The number of hydrogen-bond acceptors (Lipinski definition) is 5. The summed E-state index contributed by atoms with van der Waals surface area (Å²) in [6.45, 7) is 0.556. The molecule has 0 fully saturated rings. The zero-order chi connectivity index (χ0) is 14.8. The van der Waals surface area contributed by atoms with E-state index < -0.39 is 18.0 Å². The zero-order valence-corrected chi connectivity index (χ0v) is 11.7. The summed E-state index contributed by atoms with van der Waals surface area (Å²) in [4.78, 5) is 21.5. The second-order valence-electron chi connectivity index (χ2n) is 4.14. The summed E-state index contributed by atoms with van der Waals surface area (Å²) in [5.41, 5.74) is 1.00. The Morgan fingerprint density at radius 3 is 2.50 bits per heavy atom. The minimum absolute atomic E-state index is 0.0891. The Morgan fingerprint density at radius 2 is 1.90 bits per heavy atom. The van der Waals surface area contributed by atoms with Crippen molar-refractivity contribution in [1.82, 2.24) is 0 Å². The molecule has 0 saturated carbocycles. The van der Waals surface area contributed by atoms with Gasteiger partial charge in [-0.3, -0.25) is 4.79 Å². The molecule has 1 unspecified atom stereocenters. The summed E-state index contributed by atoms with van der Waals surface area (Å²) in [7, 11) is 0. The van der Waals surface area contributed by atoms with E-state index in [9.17, 15) is 14.7 Å². The highest BCUT2D eigenvalue weighted by molar-refractivity contribution is 6.18. The number of ether oxygens (including phenoxy) is 2.